The predicted octanol–water partition coefficient (Wildman–Crippen LogP) is -0.941. The van der Waals surface area contributed by atoms with Gasteiger partial charge in [-0.3, -0.25) is 0 Å². The minimum Gasteiger partial charge on any atom is -0.476 e. The molecule has 0 bridgehead atoms. The fourth-order valence-electron chi connectivity index (χ4n) is 1.24. The minimum absolute atomic E-state index is 0.201. The van der Waals surface area contributed by atoms with E-state index in [0.29, 0.717) is 11.3 Å². The van der Waals surface area contributed by atoms with Gasteiger partial charge in [-0.1, -0.05) is 6.92 Å². The van der Waals surface area contributed by atoms with Crippen LogP contribution in [0, 0.1) is 0 Å². The molecular formula is C8H13N3O6S3. The molecule has 0 saturated heterocycles. The molecule has 1 aromatic heterocycles. The molecule has 1 rings (SSSR count). The highest BCUT2D eigenvalue weighted by atomic mass is 32.2. The lowest BCUT2D eigenvalue weighted by Crippen LogP contribution is -2.34. The van der Waals surface area contributed by atoms with Gasteiger partial charge in [-0.15, -0.1) is 11.3 Å². The Morgan fingerprint density at radius 3 is 2.55 bits per heavy atom. The van der Waals surface area contributed by atoms with Crippen LogP contribution in [0.3, 0.4) is 0 Å². The van der Waals surface area contributed by atoms with E-state index in [1.807, 2.05) is 4.72 Å². The summed E-state index contributed by atoms with van der Waals surface area (Å²) < 4.78 is 50.1. The van der Waals surface area contributed by atoms with Crippen molar-refractivity contribution in [2.75, 3.05) is 18.8 Å². The van der Waals surface area contributed by atoms with E-state index < -0.39 is 41.7 Å². The monoisotopic (exact) mass is 343 g/mol. The molecule has 9 nitrogen and oxygen atoms in total. The van der Waals surface area contributed by atoms with Crippen molar-refractivity contribution in [3.05, 3.63) is 11.2 Å². The number of nitrogens with zero attached hydrogens (tertiary/aromatic N) is 1. The molecule has 0 unspecified atom stereocenters. The van der Waals surface area contributed by atoms with Crippen LogP contribution in [0.5, 0.6) is 0 Å². The van der Waals surface area contributed by atoms with Crippen LogP contribution in [0.1, 0.15) is 17.4 Å². The second-order valence-corrected chi connectivity index (χ2v) is 8.25. The number of aromatic nitrogens is 1. The molecule has 20 heavy (non-hydrogen) atoms. The summed E-state index contributed by atoms with van der Waals surface area (Å²) in [5.74, 6) is -1.91. The third kappa shape index (κ3) is 4.49. The van der Waals surface area contributed by atoms with Gasteiger partial charge in [0.1, 0.15) is 0 Å². The SMILES string of the molecule is CCNS(=O)(=O)CCNS(=O)(=O)c1scnc1C(=O)O. The molecule has 114 valence electrons. The third-order valence-electron chi connectivity index (χ3n) is 2.01. The zero-order chi connectivity index (χ0) is 15.4. The molecular weight excluding hydrogens is 330 g/mol. The summed E-state index contributed by atoms with van der Waals surface area (Å²) in [4.78, 5) is 14.2. The number of carboxylic acids is 1. The number of rotatable bonds is 8. The molecule has 1 heterocycles. The summed E-state index contributed by atoms with van der Waals surface area (Å²) >= 11 is 0.646. The Balaban J connectivity index is 2.77. The Hall–Kier alpha value is -1.08. The molecule has 0 atom stereocenters. The van der Waals surface area contributed by atoms with Crippen LogP contribution in [-0.2, 0) is 20.0 Å². The second kappa shape index (κ2) is 6.58. The number of hydrogen-bond acceptors (Lipinski definition) is 7. The average molecular weight is 343 g/mol. The first-order chi connectivity index (χ1) is 9.19. The molecule has 0 radical (unpaired) electrons. The van der Waals surface area contributed by atoms with Gasteiger partial charge in [-0.2, -0.15) is 0 Å². The van der Waals surface area contributed by atoms with Gasteiger partial charge in [0, 0.05) is 13.1 Å². The van der Waals surface area contributed by atoms with Gasteiger partial charge in [0.2, 0.25) is 10.0 Å². The second-order valence-electron chi connectivity index (χ2n) is 3.51. The van der Waals surface area contributed by atoms with Crippen molar-refractivity contribution in [3.63, 3.8) is 0 Å². The maximum Gasteiger partial charge on any atom is 0.356 e. The number of carboxylic acid groups (broad SMARTS) is 1. The molecule has 3 N–H and O–H groups in total. The third-order valence-corrected chi connectivity index (χ3v) is 6.31. The Labute approximate surface area is 120 Å². The molecule has 0 aliphatic carbocycles. The molecule has 0 aliphatic rings. The van der Waals surface area contributed by atoms with E-state index in [1.54, 1.807) is 6.92 Å². The van der Waals surface area contributed by atoms with Gasteiger partial charge in [-0.25, -0.2) is 36.1 Å². The van der Waals surface area contributed by atoms with Crippen LogP contribution < -0.4 is 9.44 Å². The van der Waals surface area contributed by atoms with Crippen molar-refractivity contribution >= 4 is 37.4 Å². The summed E-state index contributed by atoms with van der Waals surface area (Å²) in [5.41, 5.74) is 0.505. The van der Waals surface area contributed by atoms with Gasteiger partial charge in [-0.05, 0) is 0 Å². The maximum absolute atomic E-state index is 11.8. The number of nitrogens with one attached hydrogen (secondary N) is 2. The quantitative estimate of drug-likeness (QED) is 0.553. The van der Waals surface area contributed by atoms with Gasteiger partial charge in [0.15, 0.2) is 9.90 Å². The number of carbonyl (C=O) groups is 1. The predicted molar refractivity (Wildman–Crippen MR) is 71.7 cm³/mol. The van der Waals surface area contributed by atoms with Crippen molar-refractivity contribution in [2.45, 2.75) is 11.1 Å². The fraction of sp³-hybridized carbons (Fsp3) is 0.500. The summed E-state index contributed by atoms with van der Waals surface area (Å²) in [6.45, 7) is 1.43. The normalized spacial score (nSPS) is 12.4. The molecule has 1 aromatic rings. The minimum atomic E-state index is -4.10. The molecule has 0 aromatic carbocycles. The summed E-state index contributed by atoms with van der Waals surface area (Å²) in [6, 6.07) is 0. The molecule has 0 saturated carbocycles. The Morgan fingerprint density at radius 2 is 2.00 bits per heavy atom. The molecule has 12 heteroatoms. The highest BCUT2D eigenvalue weighted by Gasteiger charge is 2.25. The van der Waals surface area contributed by atoms with Gasteiger partial charge < -0.3 is 5.11 Å². The van der Waals surface area contributed by atoms with Crippen molar-refractivity contribution < 1.29 is 26.7 Å². The number of sulfonamides is 2. The van der Waals surface area contributed by atoms with Crippen molar-refractivity contribution in [3.8, 4) is 0 Å². The van der Waals surface area contributed by atoms with E-state index in [4.69, 9.17) is 5.11 Å². The van der Waals surface area contributed by atoms with E-state index in [2.05, 4.69) is 9.71 Å². The Kier molecular flexibility index (Phi) is 5.59. The van der Waals surface area contributed by atoms with Crippen LogP contribution in [0.4, 0.5) is 0 Å². The number of thiazole rings is 1. The van der Waals surface area contributed by atoms with E-state index in [1.165, 1.54) is 0 Å². The van der Waals surface area contributed by atoms with Crippen LogP contribution in [0.25, 0.3) is 0 Å². The summed E-state index contributed by atoms with van der Waals surface area (Å²) in [5, 5.41) is 8.79. The molecule has 0 aliphatic heterocycles. The van der Waals surface area contributed by atoms with Gasteiger partial charge >= 0.3 is 5.97 Å². The van der Waals surface area contributed by atoms with Crippen molar-refractivity contribution in [1.29, 1.82) is 0 Å². The van der Waals surface area contributed by atoms with Crippen LogP contribution >= 0.6 is 11.3 Å². The van der Waals surface area contributed by atoms with E-state index >= 15 is 0 Å². The highest BCUT2D eigenvalue weighted by molar-refractivity contribution is 7.92. The largest absolute Gasteiger partial charge is 0.476 e. The summed E-state index contributed by atoms with van der Waals surface area (Å²) in [7, 11) is -7.65. The van der Waals surface area contributed by atoms with E-state index in [0.717, 1.165) is 5.51 Å². The van der Waals surface area contributed by atoms with Crippen LogP contribution in [0.2, 0.25) is 0 Å². The number of hydrogen-bond donors (Lipinski definition) is 3. The zero-order valence-corrected chi connectivity index (χ0v) is 12.8. The zero-order valence-electron chi connectivity index (χ0n) is 10.4. The fourth-order valence-corrected chi connectivity index (χ4v) is 4.54. The maximum atomic E-state index is 11.8. The first-order valence-electron chi connectivity index (χ1n) is 5.33. The Bertz CT molecular complexity index is 678. The first-order valence-corrected chi connectivity index (χ1v) is 9.35. The molecule has 0 fully saturated rings. The van der Waals surface area contributed by atoms with E-state index in [9.17, 15) is 21.6 Å². The lowest BCUT2D eigenvalue weighted by atomic mass is 10.5. The lowest BCUT2D eigenvalue weighted by molar-refractivity contribution is 0.0687. The smallest absolute Gasteiger partial charge is 0.356 e. The Morgan fingerprint density at radius 1 is 1.35 bits per heavy atom. The molecule has 0 spiro atoms. The van der Waals surface area contributed by atoms with Crippen LogP contribution in [0.15, 0.2) is 9.72 Å². The van der Waals surface area contributed by atoms with Gasteiger partial charge in [0.05, 0.1) is 11.3 Å². The average Bonchev–Trinajstić information content (AvgIpc) is 2.77. The standard InChI is InChI=1S/C8H13N3O6S3/c1-2-10-19(14,15)4-3-11-20(16,17)8-6(7(12)13)9-5-18-8/h5,10-11H,2-4H2,1H3,(H,12,13). The van der Waals surface area contributed by atoms with Crippen molar-refractivity contribution in [2.24, 2.45) is 0 Å². The van der Waals surface area contributed by atoms with E-state index in [-0.39, 0.29) is 13.1 Å². The summed E-state index contributed by atoms with van der Waals surface area (Å²) in [6.07, 6.45) is 0. The van der Waals surface area contributed by atoms with Crippen LogP contribution in [-0.4, -0.2) is 51.7 Å². The van der Waals surface area contributed by atoms with Crippen molar-refractivity contribution in [1.82, 2.24) is 14.4 Å². The number of aromatic carboxylic acids is 1. The lowest BCUT2D eigenvalue weighted by Gasteiger charge is -2.06. The topological polar surface area (TPSA) is 143 Å². The van der Waals surface area contributed by atoms with Gasteiger partial charge in [0.25, 0.3) is 10.0 Å². The first kappa shape index (κ1) is 17.0. The highest BCUT2D eigenvalue weighted by Crippen LogP contribution is 2.19. The molecule has 0 amide bonds.